The second kappa shape index (κ2) is 7.07. The summed E-state index contributed by atoms with van der Waals surface area (Å²) >= 11 is 0. The van der Waals surface area contributed by atoms with Crippen molar-refractivity contribution in [1.82, 2.24) is 0 Å². The van der Waals surface area contributed by atoms with Crippen LogP contribution in [0.3, 0.4) is 0 Å². The van der Waals surface area contributed by atoms with E-state index in [1.54, 1.807) is 30.3 Å². The Morgan fingerprint density at radius 3 is 2.45 bits per heavy atom. The molecule has 0 saturated carbocycles. The molecule has 1 N–H and O–H groups in total. The molecule has 2 aromatic carbocycles. The number of carbonyl (C=O) groups excluding carboxylic acids is 1. The van der Waals surface area contributed by atoms with Crippen molar-refractivity contribution < 1.29 is 19.2 Å². The maximum atomic E-state index is 11.9. The lowest BCUT2D eigenvalue weighted by atomic mass is 10.3. The van der Waals surface area contributed by atoms with Gasteiger partial charge in [0.25, 0.3) is 5.91 Å². The molecule has 0 spiro atoms. The first-order chi connectivity index (χ1) is 10.6. The molecule has 7 heteroatoms. The number of methoxy groups -OCH3 is 1. The Hall–Kier alpha value is -3.09. The van der Waals surface area contributed by atoms with Crippen molar-refractivity contribution in [3.8, 4) is 11.5 Å². The molecule has 0 heterocycles. The summed E-state index contributed by atoms with van der Waals surface area (Å²) in [6.45, 7) is -0.344. The Balaban J connectivity index is 2.00. The molecule has 0 aromatic heterocycles. The fourth-order valence-electron chi connectivity index (χ4n) is 1.81. The van der Waals surface area contributed by atoms with Crippen LogP contribution < -0.4 is 14.8 Å². The van der Waals surface area contributed by atoms with Gasteiger partial charge in [-0.3, -0.25) is 14.9 Å². The van der Waals surface area contributed by atoms with E-state index in [0.29, 0.717) is 11.4 Å². The predicted molar refractivity (Wildman–Crippen MR) is 80.2 cm³/mol. The number of hydrogen-bond acceptors (Lipinski definition) is 5. The lowest BCUT2D eigenvalue weighted by Gasteiger charge is -2.10. The lowest BCUT2D eigenvalue weighted by molar-refractivity contribution is -0.385. The number of benzene rings is 2. The van der Waals surface area contributed by atoms with Crippen LogP contribution in [0.15, 0.2) is 48.5 Å². The van der Waals surface area contributed by atoms with Gasteiger partial charge in [0.05, 0.1) is 17.7 Å². The molecule has 0 radical (unpaired) electrons. The molecule has 0 saturated heterocycles. The van der Waals surface area contributed by atoms with Gasteiger partial charge in [-0.05, 0) is 18.2 Å². The van der Waals surface area contributed by atoms with Crippen LogP contribution in [0.4, 0.5) is 11.4 Å². The van der Waals surface area contributed by atoms with Crippen LogP contribution in [-0.2, 0) is 4.79 Å². The molecule has 7 nitrogen and oxygen atoms in total. The number of nitrogens with zero attached hydrogens (tertiary/aromatic N) is 1. The van der Waals surface area contributed by atoms with Crippen molar-refractivity contribution in [3.05, 3.63) is 58.6 Å². The second-order valence-electron chi connectivity index (χ2n) is 4.26. The zero-order chi connectivity index (χ0) is 15.9. The van der Waals surface area contributed by atoms with Crippen LogP contribution in [0.25, 0.3) is 0 Å². The molecule has 0 fully saturated rings. The minimum Gasteiger partial charge on any atom is -0.495 e. The summed E-state index contributed by atoms with van der Waals surface area (Å²) in [4.78, 5) is 22.2. The van der Waals surface area contributed by atoms with E-state index >= 15 is 0 Å². The van der Waals surface area contributed by atoms with Crippen LogP contribution in [0, 0.1) is 10.1 Å². The Morgan fingerprint density at radius 1 is 1.14 bits per heavy atom. The summed E-state index contributed by atoms with van der Waals surface area (Å²) in [5.74, 6) is 0.117. The number of hydrogen-bond donors (Lipinski definition) is 1. The summed E-state index contributed by atoms with van der Waals surface area (Å²) in [6.07, 6.45) is 0. The molecule has 0 aliphatic carbocycles. The largest absolute Gasteiger partial charge is 0.495 e. The van der Waals surface area contributed by atoms with E-state index < -0.39 is 10.8 Å². The Kier molecular flexibility index (Phi) is 4.92. The van der Waals surface area contributed by atoms with Gasteiger partial charge in [0.2, 0.25) is 0 Å². The molecule has 0 aliphatic heterocycles. The fraction of sp³-hybridized carbons (Fsp3) is 0.133. The molecule has 1 amide bonds. The number of carbonyl (C=O) groups is 1. The van der Waals surface area contributed by atoms with Gasteiger partial charge in [0.15, 0.2) is 12.4 Å². The molecule has 0 bridgehead atoms. The first-order valence-corrected chi connectivity index (χ1v) is 6.41. The van der Waals surface area contributed by atoms with E-state index in [0.717, 1.165) is 0 Å². The molecule has 2 rings (SSSR count). The van der Waals surface area contributed by atoms with Crippen molar-refractivity contribution in [1.29, 1.82) is 0 Å². The molecule has 2 aromatic rings. The van der Waals surface area contributed by atoms with Crippen LogP contribution in [-0.4, -0.2) is 24.5 Å². The third-order valence-electron chi connectivity index (χ3n) is 2.80. The van der Waals surface area contributed by atoms with Crippen LogP contribution in [0.1, 0.15) is 0 Å². The number of para-hydroxylation sites is 4. The fourth-order valence-corrected chi connectivity index (χ4v) is 1.81. The number of rotatable bonds is 6. The maximum Gasteiger partial charge on any atom is 0.310 e. The quantitative estimate of drug-likeness (QED) is 0.654. The van der Waals surface area contributed by atoms with Crippen molar-refractivity contribution in [2.75, 3.05) is 19.0 Å². The van der Waals surface area contributed by atoms with Gasteiger partial charge >= 0.3 is 5.69 Å². The molecule has 114 valence electrons. The van der Waals surface area contributed by atoms with E-state index in [1.807, 2.05) is 0 Å². The minimum absolute atomic E-state index is 0.0441. The topological polar surface area (TPSA) is 90.7 Å². The molecule has 0 unspecified atom stereocenters. The third kappa shape index (κ3) is 3.72. The zero-order valence-electron chi connectivity index (χ0n) is 11.8. The molecular formula is C15H14N2O5. The highest BCUT2D eigenvalue weighted by atomic mass is 16.6. The highest BCUT2D eigenvalue weighted by Gasteiger charge is 2.15. The predicted octanol–water partition coefficient (Wildman–Crippen LogP) is 2.62. The van der Waals surface area contributed by atoms with Crippen LogP contribution in [0.2, 0.25) is 0 Å². The van der Waals surface area contributed by atoms with Gasteiger partial charge in [0.1, 0.15) is 5.75 Å². The summed E-state index contributed by atoms with van der Waals surface area (Å²) in [6, 6.07) is 12.8. The maximum absolute atomic E-state index is 11.9. The van der Waals surface area contributed by atoms with Gasteiger partial charge in [-0.2, -0.15) is 0 Å². The summed E-state index contributed by atoms with van der Waals surface area (Å²) in [5.41, 5.74) is 0.314. The average molecular weight is 302 g/mol. The number of ether oxygens (including phenoxy) is 2. The van der Waals surface area contributed by atoms with Gasteiger partial charge in [0, 0.05) is 6.07 Å². The van der Waals surface area contributed by atoms with E-state index in [1.165, 1.54) is 25.3 Å². The number of anilines is 1. The van der Waals surface area contributed by atoms with Gasteiger partial charge in [-0.25, -0.2) is 0 Å². The van der Waals surface area contributed by atoms with Crippen molar-refractivity contribution >= 4 is 17.3 Å². The van der Waals surface area contributed by atoms with Crippen LogP contribution in [0.5, 0.6) is 11.5 Å². The SMILES string of the molecule is COc1ccccc1NC(=O)COc1ccccc1[N+](=O)[O-]. The van der Waals surface area contributed by atoms with Crippen molar-refractivity contribution in [2.45, 2.75) is 0 Å². The monoisotopic (exact) mass is 302 g/mol. The Morgan fingerprint density at radius 2 is 1.77 bits per heavy atom. The van der Waals surface area contributed by atoms with E-state index in [4.69, 9.17) is 9.47 Å². The second-order valence-corrected chi connectivity index (χ2v) is 4.26. The molecular weight excluding hydrogens is 288 g/mol. The Labute approximate surface area is 126 Å². The normalized spacial score (nSPS) is 9.86. The minimum atomic E-state index is -0.562. The first-order valence-electron chi connectivity index (χ1n) is 6.41. The third-order valence-corrected chi connectivity index (χ3v) is 2.80. The molecule has 0 atom stereocenters. The average Bonchev–Trinajstić information content (AvgIpc) is 2.53. The highest BCUT2D eigenvalue weighted by Crippen LogP contribution is 2.26. The number of nitro benzene ring substituents is 1. The van der Waals surface area contributed by atoms with E-state index in [-0.39, 0.29) is 18.0 Å². The van der Waals surface area contributed by atoms with Gasteiger partial charge in [-0.1, -0.05) is 24.3 Å². The van der Waals surface area contributed by atoms with Gasteiger partial charge in [-0.15, -0.1) is 0 Å². The standard InChI is InChI=1S/C15H14N2O5/c1-21-13-8-4-2-6-11(13)16-15(18)10-22-14-9-5-3-7-12(14)17(19)20/h2-9H,10H2,1H3,(H,16,18). The Bertz CT molecular complexity index is 687. The smallest absolute Gasteiger partial charge is 0.310 e. The van der Waals surface area contributed by atoms with Crippen molar-refractivity contribution in [3.63, 3.8) is 0 Å². The summed E-state index contributed by atoms with van der Waals surface area (Å²) in [7, 11) is 1.49. The summed E-state index contributed by atoms with van der Waals surface area (Å²) in [5, 5.41) is 13.5. The number of nitro groups is 1. The first kappa shape index (κ1) is 15.3. The van der Waals surface area contributed by atoms with E-state index in [9.17, 15) is 14.9 Å². The summed E-state index contributed by atoms with van der Waals surface area (Å²) < 4.78 is 10.3. The lowest BCUT2D eigenvalue weighted by Crippen LogP contribution is -2.20. The van der Waals surface area contributed by atoms with Crippen LogP contribution >= 0.6 is 0 Å². The zero-order valence-corrected chi connectivity index (χ0v) is 11.8. The van der Waals surface area contributed by atoms with Crippen molar-refractivity contribution in [2.24, 2.45) is 0 Å². The van der Waals surface area contributed by atoms with E-state index in [2.05, 4.69) is 5.32 Å². The highest BCUT2D eigenvalue weighted by molar-refractivity contribution is 5.93. The molecule has 22 heavy (non-hydrogen) atoms. The van der Waals surface area contributed by atoms with Gasteiger partial charge < -0.3 is 14.8 Å². The number of nitrogens with one attached hydrogen (secondary N) is 1. The molecule has 0 aliphatic rings. The number of amides is 1.